The number of rotatable bonds is 5. The van der Waals surface area contributed by atoms with E-state index in [2.05, 4.69) is 9.97 Å². The van der Waals surface area contributed by atoms with Gasteiger partial charge in [-0.15, -0.1) is 0 Å². The fourth-order valence-electron chi connectivity index (χ4n) is 4.09. The van der Waals surface area contributed by atoms with Crippen LogP contribution in [-0.4, -0.2) is 40.3 Å². The van der Waals surface area contributed by atoms with E-state index in [4.69, 9.17) is 4.74 Å². The molecule has 29 heavy (non-hydrogen) atoms. The van der Waals surface area contributed by atoms with Crippen molar-refractivity contribution in [2.24, 2.45) is 0 Å². The second kappa shape index (κ2) is 6.83. The highest BCUT2D eigenvalue weighted by molar-refractivity contribution is 6.26. The van der Waals surface area contributed by atoms with Crippen LogP contribution in [0, 0.1) is 0 Å². The van der Waals surface area contributed by atoms with E-state index in [1.54, 1.807) is 7.11 Å². The molecule has 1 aliphatic heterocycles. The third kappa shape index (κ3) is 2.72. The number of methoxy groups -OCH3 is 1. The molecule has 0 radical (unpaired) electrons. The van der Waals surface area contributed by atoms with Gasteiger partial charge in [0, 0.05) is 36.1 Å². The number of imide groups is 1. The third-order valence-electron chi connectivity index (χ3n) is 5.45. The number of pyridine rings is 1. The largest absolute Gasteiger partial charge is 0.378 e. The van der Waals surface area contributed by atoms with E-state index < -0.39 is 0 Å². The molecule has 3 heterocycles. The highest BCUT2D eigenvalue weighted by Crippen LogP contribution is 2.32. The van der Waals surface area contributed by atoms with E-state index in [9.17, 15) is 9.59 Å². The number of fused-ring (bicyclic) bond motifs is 4. The molecule has 1 N–H and O–H groups in total. The zero-order valence-corrected chi connectivity index (χ0v) is 15.9. The lowest BCUT2D eigenvalue weighted by Crippen LogP contribution is -2.32. The van der Waals surface area contributed by atoms with E-state index >= 15 is 0 Å². The minimum absolute atomic E-state index is 0.183. The zero-order valence-electron chi connectivity index (χ0n) is 15.9. The topological polar surface area (TPSA) is 75.3 Å². The number of ether oxygens (including phenoxy) is 1. The monoisotopic (exact) mass is 385 g/mol. The predicted octanol–water partition coefficient (Wildman–Crippen LogP) is 3.70. The molecule has 0 saturated heterocycles. The SMILES string of the molecule is COCc1nc2ccccc2c2c1C(=O)N(CCc1c[nH]c3ccccc13)C2=O. The van der Waals surface area contributed by atoms with Gasteiger partial charge in [0.1, 0.15) is 0 Å². The number of benzene rings is 2. The molecule has 0 aliphatic carbocycles. The molecule has 0 spiro atoms. The summed E-state index contributed by atoms with van der Waals surface area (Å²) in [6, 6.07) is 15.4. The van der Waals surface area contributed by atoms with Gasteiger partial charge in [-0.05, 0) is 24.1 Å². The van der Waals surface area contributed by atoms with E-state index in [-0.39, 0.29) is 18.4 Å². The van der Waals surface area contributed by atoms with E-state index in [1.807, 2.05) is 54.7 Å². The van der Waals surface area contributed by atoms with Crippen molar-refractivity contribution in [2.45, 2.75) is 13.0 Å². The maximum absolute atomic E-state index is 13.2. The Morgan fingerprint density at radius 2 is 1.69 bits per heavy atom. The first-order chi connectivity index (χ1) is 14.2. The first-order valence-corrected chi connectivity index (χ1v) is 9.50. The molecule has 0 bridgehead atoms. The summed E-state index contributed by atoms with van der Waals surface area (Å²) in [6.45, 7) is 0.497. The first kappa shape index (κ1) is 17.6. The summed E-state index contributed by atoms with van der Waals surface area (Å²) >= 11 is 0. The lowest BCUT2D eigenvalue weighted by Gasteiger charge is -2.13. The van der Waals surface area contributed by atoms with Gasteiger partial charge in [0.25, 0.3) is 11.8 Å². The smallest absolute Gasteiger partial charge is 0.263 e. The van der Waals surface area contributed by atoms with Crippen molar-refractivity contribution in [3.8, 4) is 0 Å². The Hall–Kier alpha value is -3.51. The number of carbonyl (C=O) groups is 2. The quantitative estimate of drug-likeness (QED) is 0.532. The van der Waals surface area contributed by atoms with Crippen LogP contribution in [-0.2, 0) is 17.8 Å². The second-order valence-corrected chi connectivity index (χ2v) is 7.13. The Bertz CT molecular complexity index is 1280. The van der Waals surface area contributed by atoms with Crippen LogP contribution in [0.3, 0.4) is 0 Å². The van der Waals surface area contributed by atoms with Crippen LogP contribution in [0.1, 0.15) is 32.0 Å². The number of nitrogens with zero attached hydrogens (tertiary/aromatic N) is 2. The summed E-state index contributed by atoms with van der Waals surface area (Å²) < 4.78 is 5.24. The molecule has 6 nitrogen and oxygen atoms in total. The Kier molecular flexibility index (Phi) is 4.14. The minimum Gasteiger partial charge on any atom is -0.378 e. The van der Waals surface area contributed by atoms with Gasteiger partial charge in [0.05, 0.1) is 28.9 Å². The molecule has 144 valence electrons. The predicted molar refractivity (Wildman–Crippen MR) is 110 cm³/mol. The van der Waals surface area contributed by atoms with E-state index in [0.29, 0.717) is 40.7 Å². The van der Waals surface area contributed by atoms with Crippen LogP contribution in [0.2, 0.25) is 0 Å². The number of nitrogens with one attached hydrogen (secondary N) is 1. The van der Waals surface area contributed by atoms with Gasteiger partial charge < -0.3 is 9.72 Å². The lowest BCUT2D eigenvalue weighted by molar-refractivity contribution is 0.0655. The molecule has 0 atom stereocenters. The van der Waals surface area contributed by atoms with Gasteiger partial charge in [-0.2, -0.15) is 0 Å². The summed E-state index contributed by atoms with van der Waals surface area (Å²) in [5.41, 5.74) is 4.13. The number of amides is 2. The van der Waals surface area contributed by atoms with E-state index in [1.165, 1.54) is 4.90 Å². The van der Waals surface area contributed by atoms with Crippen LogP contribution >= 0.6 is 0 Å². The van der Waals surface area contributed by atoms with Gasteiger partial charge in [0.2, 0.25) is 0 Å². The average Bonchev–Trinajstić information content (AvgIpc) is 3.26. The molecule has 6 heteroatoms. The van der Waals surface area contributed by atoms with Crippen LogP contribution in [0.5, 0.6) is 0 Å². The zero-order chi connectivity index (χ0) is 20.0. The molecule has 4 aromatic rings. The van der Waals surface area contributed by atoms with Gasteiger partial charge >= 0.3 is 0 Å². The Balaban J connectivity index is 1.52. The van der Waals surface area contributed by atoms with Gasteiger partial charge in [-0.3, -0.25) is 14.5 Å². The lowest BCUT2D eigenvalue weighted by atomic mass is 10.0. The second-order valence-electron chi connectivity index (χ2n) is 7.13. The van der Waals surface area contributed by atoms with Crippen LogP contribution in [0.25, 0.3) is 21.8 Å². The van der Waals surface area contributed by atoms with Crippen molar-refractivity contribution in [3.05, 3.63) is 77.1 Å². The molecule has 2 amide bonds. The fourth-order valence-corrected chi connectivity index (χ4v) is 4.09. The molecule has 0 fully saturated rings. The standard InChI is InChI=1S/C23H19N3O3/c1-29-13-19-21-20(16-7-3-5-9-18(16)25-19)22(27)26(23(21)28)11-10-14-12-24-17-8-4-2-6-15(14)17/h2-9,12,24H,10-11,13H2,1H3. The average molecular weight is 385 g/mol. The van der Waals surface area contributed by atoms with Crippen molar-refractivity contribution in [1.29, 1.82) is 0 Å². The normalized spacial score (nSPS) is 13.6. The maximum Gasteiger partial charge on any atom is 0.263 e. The highest BCUT2D eigenvalue weighted by atomic mass is 16.5. The molecular formula is C23H19N3O3. The minimum atomic E-state index is -0.296. The summed E-state index contributed by atoms with van der Waals surface area (Å²) in [7, 11) is 1.55. The Morgan fingerprint density at radius 1 is 0.966 bits per heavy atom. The third-order valence-corrected chi connectivity index (χ3v) is 5.45. The van der Waals surface area contributed by atoms with E-state index in [0.717, 1.165) is 16.5 Å². The molecule has 2 aromatic heterocycles. The molecule has 0 unspecified atom stereocenters. The molecular weight excluding hydrogens is 366 g/mol. The number of H-pyrrole nitrogens is 1. The Morgan fingerprint density at radius 3 is 2.52 bits per heavy atom. The fraction of sp³-hybridized carbons (Fsp3) is 0.174. The highest BCUT2D eigenvalue weighted by Gasteiger charge is 2.39. The van der Waals surface area contributed by atoms with Gasteiger partial charge in [-0.1, -0.05) is 36.4 Å². The van der Waals surface area contributed by atoms with Crippen LogP contribution in [0.15, 0.2) is 54.7 Å². The summed E-state index contributed by atoms with van der Waals surface area (Å²) in [6.07, 6.45) is 2.52. The van der Waals surface area contributed by atoms with Crippen molar-refractivity contribution in [1.82, 2.24) is 14.9 Å². The number of carbonyl (C=O) groups excluding carboxylic acids is 2. The summed E-state index contributed by atoms with van der Waals surface area (Å²) in [4.78, 5) is 35.5. The van der Waals surface area contributed by atoms with Crippen molar-refractivity contribution in [3.63, 3.8) is 0 Å². The van der Waals surface area contributed by atoms with Crippen LogP contribution in [0.4, 0.5) is 0 Å². The summed E-state index contributed by atoms with van der Waals surface area (Å²) in [5.74, 6) is -0.559. The van der Waals surface area contributed by atoms with Crippen molar-refractivity contribution >= 4 is 33.6 Å². The number of hydrogen-bond acceptors (Lipinski definition) is 4. The van der Waals surface area contributed by atoms with Crippen molar-refractivity contribution in [2.75, 3.05) is 13.7 Å². The number of aromatic nitrogens is 2. The molecule has 2 aromatic carbocycles. The molecule has 0 saturated carbocycles. The number of aromatic amines is 1. The molecule has 1 aliphatic rings. The first-order valence-electron chi connectivity index (χ1n) is 9.50. The number of hydrogen-bond donors (Lipinski definition) is 1. The summed E-state index contributed by atoms with van der Waals surface area (Å²) in [5, 5.41) is 1.81. The molecule has 5 rings (SSSR count). The van der Waals surface area contributed by atoms with Gasteiger partial charge in [-0.25, -0.2) is 4.98 Å². The Labute approximate surface area is 167 Å². The number of para-hydroxylation sites is 2. The maximum atomic E-state index is 13.2. The van der Waals surface area contributed by atoms with Crippen molar-refractivity contribution < 1.29 is 14.3 Å². The van der Waals surface area contributed by atoms with Crippen LogP contribution < -0.4 is 0 Å². The van der Waals surface area contributed by atoms with Gasteiger partial charge in [0.15, 0.2) is 0 Å².